The predicted molar refractivity (Wildman–Crippen MR) is 54.1 cm³/mol. The van der Waals surface area contributed by atoms with Crippen LogP contribution in [-0.2, 0) is 5.41 Å². The van der Waals surface area contributed by atoms with E-state index in [1.807, 2.05) is 31.2 Å². The summed E-state index contributed by atoms with van der Waals surface area (Å²) in [5.41, 5.74) is 1.21. The van der Waals surface area contributed by atoms with Gasteiger partial charge in [-0.3, -0.25) is 0 Å². The van der Waals surface area contributed by atoms with Gasteiger partial charge in [0.05, 0.1) is 6.61 Å². The molecular formula is C12H14F2O. The molecule has 0 radical (unpaired) electrons. The zero-order valence-corrected chi connectivity index (χ0v) is 8.63. The summed E-state index contributed by atoms with van der Waals surface area (Å²) in [6, 6.07) is 7.45. The fourth-order valence-electron chi connectivity index (χ4n) is 2.25. The van der Waals surface area contributed by atoms with Crippen molar-refractivity contribution >= 4 is 0 Å². The third-order valence-corrected chi connectivity index (χ3v) is 3.16. The molecule has 1 N–H and O–H groups in total. The molecule has 1 aromatic rings. The molecule has 0 atom stereocenters. The molecule has 0 bridgehead atoms. The average Bonchev–Trinajstić information content (AvgIpc) is 2.14. The van der Waals surface area contributed by atoms with Gasteiger partial charge in [-0.1, -0.05) is 29.8 Å². The molecule has 0 aliphatic heterocycles. The van der Waals surface area contributed by atoms with Crippen LogP contribution in [0.2, 0.25) is 0 Å². The van der Waals surface area contributed by atoms with Crippen molar-refractivity contribution in [3.05, 3.63) is 35.4 Å². The van der Waals surface area contributed by atoms with Crippen LogP contribution in [0.1, 0.15) is 24.0 Å². The minimum Gasteiger partial charge on any atom is -0.395 e. The van der Waals surface area contributed by atoms with Crippen molar-refractivity contribution in [2.45, 2.75) is 31.1 Å². The third-order valence-electron chi connectivity index (χ3n) is 3.16. The Hall–Kier alpha value is -0.960. The van der Waals surface area contributed by atoms with Crippen LogP contribution in [0.5, 0.6) is 0 Å². The van der Waals surface area contributed by atoms with E-state index in [2.05, 4.69) is 0 Å². The number of hydrogen-bond acceptors (Lipinski definition) is 1. The van der Waals surface area contributed by atoms with Gasteiger partial charge in [-0.25, -0.2) is 8.78 Å². The highest BCUT2D eigenvalue weighted by atomic mass is 19.3. The highest BCUT2D eigenvalue weighted by Crippen LogP contribution is 2.53. The van der Waals surface area contributed by atoms with Gasteiger partial charge in [-0.15, -0.1) is 0 Å². The second-order valence-corrected chi connectivity index (χ2v) is 4.51. The summed E-state index contributed by atoms with van der Waals surface area (Å²) in [5, 5.41) is 9.26. The molecule has 1 aromatic carbocycles. The smallest absolute Gasteiger partial charge is 0.250 e. The molecule has 0 saturated heterocycles. The lowest BCUT2D eigenvalue weighted by molar-refractivity contribution is -0.139. The van der Waals surface area contributed by atoms with Crippen LogP contribution in [0, 0.1) is 6.92 Å². The van der Waals surface area contributed by atoms with Gasteiger partial charge >= 0.3 is 0 Å². The molecule has 0 heterocycles. The Morgan fingerprint density at radius 3 is 2.13 bits per heavy atom. The first kappa shape index (κ1) is 10.6. The van der Waals surface area contributed by atoms with E-state index in [1.165, 1.54) is 0 Å². The number of halogens is 2. The van der Waals surface area contributed by atoms with E-state index in [0.29, 0.717) is 0 Å². The topological polar surface area (TPSA) is 20.2 Å². The first-order valence-corrected chi connectivity index (χ1v) is 5.03. The van der Waals surface area contributed by atoms with E-state index in [1.54, 1.807) is 0 Å². The molecule has 0 amide bonds. The van der Waals surface area contributed by atoms with Gasteiger partial charge in [0.1, 0.15) is 0 Å². The summed E-state index contributed by atoms with van der Waals surface area (Å²) in [4.78, 5) is 0. The van der Waals surface area contributed by atoms with Gasteiger partial charge in [0.25, 0.3) is 0 Å². The van der Waals surface area contributed by atoms with Gasteiger partial charge < -0.3 is 5.11 Å². The van der Waals surface area contributed by atoms with E-state index in [9.17, 15) is 13.9 Å². The number of benzene rings is 1. The van der Waals surface area contributed by atoms with Crippen LogP contribution in [0.15, 0.2) is 24.3 Å². The summed E-state index contributed by atoms with van der Waals surface area (Å²) in [6.45, 7) is 1.75. The molecule has 1 nitrogen and oxygen atoms in total. The summed E-state index contributed by atoms with van der Waals surface area (Å²) in [7, 11) is 0. The quantitative estimate of drug-likeness (QED) is 0.799. The fraction of sp³-hybridized carbons (Fsp3) is 0.500. The Balaban J connectivity index is 2.25. The van der Waals surface area contributed by atoms with E-state index in [4.69, 9.17) is 0 Å². The van der Waals surface area contributed by atoms with E-state index in [-0.39, 0.29) is 19.4 Å². The summed E-state index contributed by atoms with van der Waals surface area (Å²) >= 11 is 0. The highest BCUT2D eigenvalue weighted by molar-refractivity contribution is 5.32. The van der Waals surface area contributed by atoms with Gasteiger partial charge in [0.15, 0.2) is 0 Å². The second kappa shape index (κ2) is 3.27. The van der Waals surface area contributed by atoms with E-state index >= 15 is 0 Å². The fourth-order valence-corrected chi connectivity index (χ4v) is 2.25. The lowest BCUT2D eigenvalue weighted by Gasteiger charge is -2.46. The van der Waals surface area contributed by atoms with Crippen LogP contribution in [0.3, 0.4) is 0 Å². The Kier molecular flexibility index (Phi) is 2.30. The van der Waals surface area contributed by atoms with Crippen molar-refractivity contribution in [1.82, 2.24) is 0 Å². The maximum Gasteiger partial charge on any atom is 0.250 e. The van der Waals surface area contributed by atoms with Crippen molar-refractivity contribution in [1.29, 1.82) is 0 Å². The molecule has 2 rings (SSSR count). The standard InChI is InChI=1S/C12H14F2O/c1-9-2-4-10(5-3-9)11(8-15)6-12(13,14)7-11/h2-5,15H,6-8H2,1H3. The van der Waals surface area contributed by atoms with E-state index in [0.717, 1.165) is 11.1 Å². The first-order chi connectivity index (χ1) is 6.97. The molecule has 0 unspecified atom stereocenters. The Morgan fingerprint density at radius 2 is 1.73 bits per heavy atom. The molecule has 0 spiro atoms. The zero-order chi connectivity index (χ0) is 11.1. The van der Waals surface area contributed by atoms with Gasteiger partial charge in [0.2, 0.25) is 5.92 Å². The van der Waals surface area contributed by atoms with Gasteiger partial charge in [-0.05, 0) is 12.5 Å². The second-order valence-electron chi connectivity index (χ2n) is 4.51. The molecule has 1 saturated carbocycles. The van der Waals surface area contributed by atoms with Crippen molar-refractivity contribution in [3.63, 3.8) is 0 Å². The molecule has 0 aromatic heterocycles. The van der Waals surface area contributed by atoms with Crippen LogP contribution in [-0.4, -0.2) is 17.6 Å². The van der Waals surface area contributed by atoms with Crippen LogP contribution in [0.25, 0.3) is 0 Å². The third kappa shape index (κ3) is 1.76. The molecule has 1 fully saturated rings. The first-order valence-electron chi connectivity index (χ1n) is 5.03. The van der Waals surface area contributed by atoms with Gasteiger partial charge in [0, 0.05) is 18.3 Å². The van der Waals surface area contributed by atoms with E-state index < -0.39 is 11.3 Å². The van der Waals surface area contributed by atoms with Crippen LogP contribution < -0.4 is 0 Å². The normalized spacial score (nSPS) is 22.1. The lowest BCUT2D eigenvalue weighted by atomic mass is 9.62. The minimum absolute atomic E-state index is 0.203. The SMILES string of the molecule is Cc1ccc(C2(CO)CC(F)(F)C2)cc1. The summed E-state index contributed by atoms with van der Waals surface area (Å²) in [5.74, 6) is -2.60. The van der Waals surface area contributed by atoms with Crippen molar-refractivity contribution in [2.75, 3.05) is 6.61 Å². The summed E-state index contributed by atoms with van der Waals surface area (Å²) < 4.78 is 25.7. The summed E-state index contributed by atoms with van der Waals surface area (Å²) in [6.07, 6.45) is -0.473. The zero-order valence-electron chi connectivity index (χ0n) is 8.63. The molecule has 1 aliphatic rings. The van der Waals surface area contributed by atoms with Crippen molar-refractivity contribution in [3.8, 4) is 0 Å². The molecule has 1 aliphatic carbocycles. The maximum atomic E-state index is 12.9. The number of aliphatic hydroxyl groups is 1. The van der Waals surface area contributed by atoms with Crippen molar-refractivity contribution < 1.29 is 13.9 Å². The monoisotopic (exact) mass is 212 g/mol. The number of aliphatic hydroxyl groups excluding tert-OH is 1. The van der Waals surface area contributed by atoms with Gasteiger partial charge in [-0.2, -0.15) is 0 Å². The van der Waals surface area contributed by atoms with Crippen LogP contribution >= 0.6 is 0 Å². The average molecular weight is 212 g/mol. The number of alkyl halides is 2. The number of rotatable bonds is 2. The number of hydrogen-bond donors (Lipinski definition) is 1. The molecular weight excluding hydrogens is 198 g/mol. The largest absolute Gasteiger partial charge is 0.395 e. The Labute approximate surface area is 87.7 Å². The Morgan fingerprint density at radius 1 is 1.20 bits per heavy atom. The lowest BCUT2D eigenvalue weighted by Crippen LogP contribution is -2.51. The predicted octanol–water partition coefficient (Wildman–Crippen LogP) is 2.65. The minimum atomic E-state index is -2.60. The molecule has 3 heteroatoms. The number of aryl methyl sites for hydroxylation is 1. The highest BCUT2D eigenvalue weighted by Gasteiger charge is 2.56. The molecule has 82 valence electrons. The molecule has 15 heavy (non-hydrogen) atoms. The van der Waals surface area contributed by atoms with Crippen molar-refractivity contribution in [2.24, 2.45) is 0 Å². The van der Waals surface area contributed by atoms with Crippen LogP contribution in [0.4, 0.5) is 8.78 Å². The Bertz CT molecular complexity index is 348. The maximum absolute atomic E-state index is 12.9.